The predicted molar refractivity (Wildman–Crippen MR) is 163 cm³/mol. The monoisotopic (exact) mass is 609 g/mol. The lowest BCUT2D eigenvalue weighted by Crippen LogP contribution is -2.31. The van der Waals surface area contributed by atoms with Gasteiger partial charge in [0.2, 0.25) is 17.7 Å². The van der Waals surface area contributed by atoms with Crippen LogP contribution >= 0.6 is 23.2 Å². The molecule has 4 N–H and O–H groups in total. The van der Waals surface area contributed by atoms with E-state index in [0.29, 0.717) is 46.6 Å². The van der Waals surface area contributed by atoms with Gasteiger partial charge in [0, 0.05) is 36.5 Å². The summed E-state index contributed by atoms with van der Waals surface area (Å²) in [6.45, 7) is 2.18. The minimum atomic E-state index is -0.514. The van der Waals surface area contributed by atoms with Crippen LogP contribution in [-0.4, -0.2) is 44.9 Å². The lowest BCUT2D eigenvalue weighted by molar-refractivity contribution is -0.122. The molecule has 0 aliphatic heterocycles. The van der Waals surface area contributed by atoms with Crippen molar-refractivity contribution in [3.8, 4) is 22.8 Å². The van der Waals surface area contributed by atoms with Crippen LogP contribution in [0.3, 0.4) is 0 Å². The highest BCUT2D eigenvalue weighted by Gasteiger charge is 2.23. The summed E-state index contributed by atoms with van der Waals surface area (Å²) in [5, 5.41) is 18.1. The normalized spacial score (nSPS) is 11.7. The Kier molecular flexibility index (Phi) is 10.9. The molecule has 0 fully saturated rings. The summed E-state index contributed by atoms with van der Waals surface area (Å²) in [6.07, 6.45) is 4.97. The number of halogens is 2. The number of benzene rings is 2. The van der Waals surface area contributed by atoms with Crippen LogP contribution in [0.25, 0.3) is 16.9 Å². The van der Waals surface area contributed by atoms with Gasteiger partial charge in [-0.2, -0.15) is 5.10 Å². The second-order valence-electron chi connectivity index (χ2n) is 9.86. The van der Waals surface area contributed by atoms with E-state index in [4.69, 9.17) is 38.8 Å². The molecule has 42 heavy (non-hydrogen) atoms. The lowest BCUT2D eigenvalue weighted by Gasteiger charge is -2.18. The van der Waals surface area contributed by atoms with Gasteiger partial charge in [-0.15, -0.1) is 0 Å². The third-order valence-corrected chi connectivity index (χ3v) is 7.35. The van der Waals surface area contributed by atoms with E-state index in [1.54, 1.807) is 35.3 Å². The number of pyridine rings is 1. The van der Waals surface area contributed by atoms with Gasteiger partial charge >= 0.3 is 0 Å². The Labute approximate surface area is 254 Å². The fourth-order valence-electron chi connectivity index (χ4n) is 4.51. The van der Waals surface area contributed by atoms with Crippen LogP contribution in [0.4, 0.5) is 0 Å². The minimum Gasteiger partial charge on any atom is -0.477 e. The number of amides is 2. The van der Waals surface area contributed by atoms with Crippen LogP contribution in [0.15, 0.2) is 67.0 Å². The minimum absolute atomic E-state index is 0.000521. The van der Waals surface area contributed by atoms with Crippen molar-refractivity contribution in [2.75, 3.05) is 13.2 Å². The van der Waals surface area contributed by atoms with Crippen LogP contribution in [0.5, 0.6) is 5.88 Å². The second-order valence-corrected chi connectivity index (χ2v) is 10.7. The highest BCUT2D eigenvalue weighted by atomic mass is 35.5. The average molecular weight is 611 g/mol. The fraction of sp³-hybridized carbons (Fsp3) is 0.290. The largest absolute Gasteiger partial charge is 0.477 e. The summed E-state index contributed by atoms with van der Waals surface area (Å²) < 4.78 is 7.93. The molecule has 0 aliphatic rings. The number of aromatic nitrogens is 3. The van der Waals surface area contributed by atoms with Gasteiger partial charge in [0.25, 0.3) is 0 Å². The first kappa shape index (κ1) is 31.0. The highest BCUT2D eigenvalue weighted by Crippen LogP contribution is 2.35. The number of hydrogen-bond acceptors (Lipinski definition) is 6. The molecule has 1 atom stereocenters. The summed E-state index contributed by atoms with van der Waals surface area (Å²) in [4.78, 5) is 28.7. The Morgan fingerprint density at radius 2 is 1.88 bits per heavy atom. The lowest BCUT2D eigenvalue weighted by atomic mass is 10.0. The van der Waals surface area contributed by atoms with Crippen molar-refractivity contribution < 1.29 is 19.4 Å². The number of carbonyl (C=O) groups is 2. The number of nitrogens with one attached hydrogen (secondary N) is 1. The Morgan fingerprint density at radius 1 is 1.10 bits per heavy atom. The maximum absolute atomic E-state index is 12.8. The number of hydrogen-bond donors (Lipinski definition) is 3. The number of aliphatic hydroxyl groups excluding tert-OH is 1. The SMILES string of the molecule is Cc1ccc(C(CC(N)=O)NC(=O)CCCOc2c(CCCO)c(-c3cccnc3)nn2-c2ccc(Cl)c(Cl)c2)cc1. The van der Waals surface area contributed by atoms with Crippen LogP contribution in [0.1, 0.15) is 48.4 Å². The van der Waals surface area contributed by atoms with Gasteiger partial charge in [0.1, 0.15) is 5.69 Å². The van der Waals surface area contributed by atoms with Crippen molar-refractivity contribution >= 4 is 35.0 Å². The molecule has 2 heterocycles. The van der Waals surface area contributed by atoms with Gasteiger partial charge in [-0.25, -0.2) is 4.68 Å². The van der Waals surface area contributed by atoms with E-state index >= 15 is 0 Å². The molecule has 220 valence electrons. The van der Waals surface area contributed by atoms with Crippen molar-refractivity contribution in [1.29, 1.82) is 0 Å². The molecule has 0 bridgehead atoms. The summed E-state index contributed by atoms with van der Waals surface area (Å²) in [6, 6.07) is 16.0. The Hall–Kier alpha value is -3.92. The van der Waals surface area contributed by atoms with Crippen LogP contribution in [0.2, 0.25) is 10.0 Å². The zero-order valence-electron chi connectivity index (χ0n) is 23.2. The molecular formula is C31H33Cl2N5O4. The van der Waals surface area contributed by atoms with Gasteiger partial charge in [-0.05, 0) is 62.1 Å². The van der Waals surface area contributed by atoms with E-state index in [9.17, 15) is 14.7 Å². The van der Waals surface area contributed by atoms with Crippen molar-refractivity contribution in [2.45, 2.75) is 45.1 Å². The summed E-state index contributed by atoms with van der Waals surface area (Å²) in [7, 11) is 0. The van der Waals surface area contributed by atoms with Gasteiger partial charge in [-0.3, -0.25) is 14.6 Å². The average Bonchev–Trinajstić information content (AvgIpc) is 3.34. The van der Waals surface area contributed by atoms with Crippen LogP contribution in [0, 0.1) is 6.92 Å². The van der Waals surface area contributed by atoms with Gasteiger partial charge in [0.15, 0.2) is 0 Å². The molecule has 4 rings (SSSR count). The number of rotatable bonds is 14. The van der Waals surface area contributed by atoms with E-state index in [1.165, 1.54) is 0 Å². The first-order valence-corrected chi connectivity index (χ1v) is 14.4. The standard InChI is InChI=1S/C31H33Cl2N5O4/c1-20-8-10-21(11-9-20)27(18-28(34)40)36-29(41)7-4-16-42-31-24(6-3-15-39)30(22-5-2-14-35-19-22)37-38(31)23-12-13-25(32)26(33)17-23/h2,5,8-14,17,19,27,39H,3-4,6-7,15-16,18H2,1H3,(H2,34,40)(H,36,41). The summed E-state index contributed by atoms with van der Waals surface area (Å²) in [5.74, 6) is -0.244. The maximum atomic E-state index is 12.8. The number of nitrogens with two attached hydrogens (primary N) is 1. The topological polar surface area (TPSA) is 132 Å². The molecule has 0 radical (unpaired) electrons. The number of nitrogens with zero attached hydrogens (tertiary/aromatic N) is 3. The molecule has 0 saturated carbocycles. The van der Waals surface area contributed by atoms with Crippen LogP contribution < -0.4 is 15.8 Å². The Morgan fingerprint density at radius 3 is 2.55 bits per heavy atom. The van der Waals surface area contributed by atoms with E-state index in [1.807, 2.05) is 43.3 Å². The molecule has 0 aliphatic carbocycles. The molecule has 0 saturated heterocycles. The molecule has 2 aromatic carbocycles. The van der Waals surface area contributed by atoms with Crippen molar-refractivity contribution in [2.24, 2.45) is 5.73 Å². The number of primary amides is 1. The van der Waals surface area contributed by atoms with Gasteiger partial charge in [0.05, 0.1) is 34.8 Å². The number of aryl methyl sites for hydroxylation is 1. The smallest absolute Gasteiger partial charge is 0.220 e. The highest BCUT2D eigenvalue weighted by molar-refractivity contribution is 6.42. The van der Waals surface area contributed by atoms with Gasteiger partial charge < -0.3 is 20.9 Å². The van der Waals surface area contributed by atoms with Crippen molar-refractivity contribution in [3.05, 3.63) is 93.7 Å². The predicted octanol–water partition coefficient (Wildman–Crippen LogP) is 5.37. The zero-order chi connectivity index (χ0) is 30.1. The molecular weight excluding hydrogens is 577 g/mol. The van der Waals surface area contributed by atoms with E-state index in [-0.39, 0.29) is 32.0 Å². The van der Waals surface area contributed by atoms with E-state index in [2.05, 4.69) is 10.3 Å². The maximum Gasteiger partial charge on any atom is 0.220 e. The van der Waals surface area contributed by atoms with Gasteiger partial charge in [-0.1, -0.05) is 53.0 Å². The fourth-order valence-corrected chi connectivity index (χ4v) is 4.80. The Balaban J connectivity index is 1.53. The van der Waals surface area contributed by atoms with E-state index in [0.717, 1.165) is 22.3 Å². The number of ether oxygens (including phenoxy) is 1. The number of aliphatic hydroxyl groups is 1. The molecule has 2 amide bonds. The summed E-state index contributed by atoms with van der Waals surface area (Å²) in [5.41, 5.74) is 10.2. The third kappa shape index (κ3) is 8.09. The van der Waals surface area contributed by atoms with E-state index < -0.39 is 11.9 Å². The molecule has 0 spiro atoms. The van der Waals surface area contributed by atoms with Crippen molar-refractivity contribution in [3.63, 3.8) is 0 Å². The number of carbonyl (C=O) groups excluding carboxylic acids is 2. The third-order valence-electron chi connectivity index (χ3n) is 6.61. The first-order valence-electron chi connectivity index (χ1n) is 13.6. The van der Waals surface area contributed by atoms with Crippen molar-refractivity contribution in [1.82, 2.24) is 20.1 Å². The molecule has 1 unspecified atom stereocenters. The Bertz CT molecular complexity index is 1510. The molecule has 11 heteroatoms. The molecule has 2 aromatic heterocycles. The summed E-state index contributed by atoms with van der Waals surface area (Å²) >= 11 is 12.5. The molecule has 9 nitrogen and oxygen atoms in total. The first-order chi connectivity index (χ1) is 20.3. The zero-order valence-corrected chi connectivity index (χ0v) is 24.7. The van der Waals surface area contributed by atoms with Crippen LogP contribution in [-0.2, 0) is 16.0 Å². The molecule has 4 aromatic rings. The second kappa shape index (κ2) is 14.8. The quantitative estimate of drug-likeness (QED) is 0.165.